The fourth-order valence-corrected chi connectivity index (χ4v) is 1.68. The quantitative estimate of drug-likeness (QED) is 0.852. The molecule has 90 valence electrons. The fraction of sp³-hybridized carbons (Fsp3) is 0.667. The van der Waals surface area contributed by atoms with Crippen LogP contribution in [0.1, 0.15) is 20.3 Å². The number of aliphatic hydroxyl groups is 1. The smallest absolute Gasteiger partial charge is 0.228 e. The van der Waals surface area contributed by atoms with Crippen molar-refractivity contribution in [1.29, 1.82) is 0 Å². The highest BCUT2D eigenvalue weighted by Gasteiger charge is 2.12. The summed E-state index contributed by atoms with van der Waals surface area (Å²) in [6.07, 6.45) is 0.803. The number of rotatable bonds is 5. The monoisotopic (exact) mass is 264 g/mol. The number of hydrogen-bond donors (Lipinski definition) is 2. The number of aromatic nitrogens is 3. The molecule has 0 fully saturated rings. The minimum absolute atomic E-state index is 0.000892. The van der Waals surface area contributed by atoms with Crippen molar-refractivity contribution in [2.24, 2.45) is 5.92 Å². The van der Waals surface area contributed by atoms with Crippen LogP contribution in [0.3, 0.4) is 0 Å². The number of nitrogens with one attached hydrogen (secondary N) is 1. The van der Waals surface area contributed by atoms with E-state index in [4.69, 9.17) is 23.2 Å². The van der Waals surface area contributed by atoms with E-state index < -0.39 is 0 Å². The van der Waals surface area contributed by atoms with Crippen molar-refractivity contribution >= 4 is 29.2 Å². The molecule has 0 bridgehead atoms. The van der Waals surface area contributed by atoms with Crippen LogP contribution in [-0.4, -0.2) is 32.7 Å². The highest BCUT2D eigenvalue weighted by Crippen LogP contribution is 2.13. The van der Waals surface area contributed by atoms with Gasteiger partial charge in [0.25, 0.3) is 0 Å². The van der Waals surface area contributed by atoms with Crippen molar-refractivity contribution in [3.05, 3.63) is 10.6 Å². The first-order valence-electron chi connectivity index (χ1n) is 4.95. The molecule has 16 heavy (non-hydrogen) atoms. The van der Waals surface area contributed by atoms with Crippen LogP contribution in [-0.2, 0) is 0 Å². The molecular formula is C9H14Cl2N4O. The number of hydrogen-bond acceptors (Lipinski definition) is 5. The van der Waals surface area contributed by atoms with E-state index in [1.165, 1.54) is 0 Å². The predicted molar refractivity (Wildman–Crippen MR) is 63.8 cm³/mol. The van der Waals surface area contributed by atoms with Crippen molar-refractivity contribution in [3.8, 4) is 0 Å². The van der Waals surface area contributed by atoms with Gasteiger partial charge in [0.15, 0.2) is 0 Å². The summed E-state index contributed by atoms with van der Waals surface area (Å²) in [7, 11) is 0. The van der Waals surface area contributed by atoms with Gasteiger partial charge in [0.2, 0.25) is 16.5 Å². The Balaban J connectivity index is 2.69. The average molecular weight is 265 g/mol. The van der Waals surface area contributed by atoms with Gasteiger partial charge in [-0.2, -0.15) is 15.0 Å². The van der Waals surface area contributed by atoms with Crippen LogP contribution in [0, 0.1) is 5.92 Å². The predicted octanol–water partition coefficient (Wildman–Crippen LogP) is 2.00. The summed E-state index contributed by atoms with van der Waals surface area (Å²) < 4.78 is 0. The van der Waals surface area contributed by atoms with Gasteiger partial charge in [0, 0.05) is 0 Å². The van der Waals surface area contributed by atoms with Crippen molar-refractivity contribution in [1.82, 2.24) is 15.0 Å². The molecule has 0 saturated carbocycles. The number of anilines is 1. The molecule has 0 aliphatic carbocycles. The molecular weight excluding hydrogens is 251 g/mol. The maximum Gasteiger partial charge on any atom is 0.228 e. The lowest BCUT2D eigenvalue weighted by molar-refractivity contribution is 0.259. The van der Waals surface area contributed by atoms with E-state index in [1.54, 1.807) is 0 Å². The Labute approximate surface area is 104 Å². The zero-order valence-corrected chi connectivity index (χ0v) is 10.6. The standard InChI is InChI=1S/C9H14Cl2N4O/c1-5(2)3-6(4-16)12-9-14-7(10)13-8(11)15-9/h5-6,16H,3-4H2,1-2H3,(H,12,13,14,15). The Morgan fingerprint density at radius 3 is 2.19 bits per heavy atom. The fourth-order valence-electron chi connectivity index (χ4n) is 1.32. The molecule has 0 saturated heterocycles. The van der Waals surface area contributed by atoms with Crippen LogP contribution in [0.25, 0.3) is 0 Å². The molecule has 1 unspecified atom stereocenters. The summed E-state index contributed by atoms with van der Waals surface area (Å²) >= 11 is 11.3. The summed E-state index contributed by atoms with van der Waals surface area (Å²) in [6.45, 7) is 4.13. The first kappa shape index (κ1) is 13.4. The van der Waals surface area contributed by atoms with Crippen molar-refractivity contribution in [2.45, 2.75) is 26.3 Å². The summed E-state index contributed by atoms with van der Waals surface area (Å²) in [5, 5.41) is 12.2. The van der Waals surface area contributed by atoms with Gasteiger partial charge in [0.05, 0.1) is 12.6 Å². The highest BCUT2D eigenvalue weighted by atomic mass is 35.5. The second kappa shape index (κ2) is 6.18. The summed E-state index contributed by atoms with van der Waals surface area (Å²) in [6, 6.07) is -0.116. The number of halogens is 2. The first-order valence-corrected chi connectivity index (χ1v) is 5.71. The van der Waals surface area contributed by atoms with Gasteiger partial charge in [-0.05, 0) is 35.5 Å². The maximum atomic E-state index is 9.18. The zero-order valence-electron chi connectivity index (χ0n) is 9.11. The van der Waals surface area contributed by atoms with E-state index in [9.17, 15) is 5.11 Å². The molecule has 1 atom stereocenters. The Morgan fingerprint density at radius 1 is 1.19 bits per heavy atom. The molecule has 5 nitrogen and oxygen atoms in total. The zero-order chi connectivity index (χ0) is 12.1. The molecule has 7 heteroatoms. The molecule has 0 amide bonds. The van der Waals surface area contributed by atoms with Crippen LogP contribution < -0.4 is 5.32 Å². The molecule has 2 N–H and O–H groups in total. The van der Waals surface area contributed by atoms with E-state index in [2.05, 4.69) is 34.1 Å². The minimum atomic E-state index is -0.116. The van der Waals surface area contributed by atoms with Gasteiger partial charge >= 0.3 is 0 Å². The maximum absolute atomic E-state index is 9.18. The van der Waals surface area contributed by atoms with Gasteiger partial charge in [0.1, 0.15) is 0 Å². The van der Waals surface area contributed by atoms with Gasteiger partial charge < -0.3 is 10.4 Å². The van der Waals surface area contributed by atoms with Crippen LogP contribution >= 0.6 is 23.2 Å². The van der Waals surface area contributed by atoms with E-state index in [-0.39, 0.29) is 29.2 Å². The first-order chi connectivity index (χ1) is 7.51. The van der Waals surface area contributed by atoms with Crippen LogP contribution in [0.4, 0.5) is 5.95 Å². The minimum Gasteiger partial charge on any atom is -0.394 e. The normalized spacial score (nSPS) is 12.9. The van der Waals surface area contributed by atoms with Gasteiger partial charge in [-0.25, -0.2) is 0 Å². The molecule has 0 aromatic carbocycles. The Hall–Kier alpha value is -0.650. The number of aliphatic hydroxyl groups excluding tert-OH is 1. The summed E-state index contributed by atoms with van der Waals surface area (Å²) in [5.41, 5.74) is 0. The Morgan fingerprint density at radius 2 is 1.75 bits per heavy atom. The second-order valence-corrected chi connectivity index (χ2v) is 4.53. The van der Waals surface area contributed by atoms with Gasteiger partial charge in [-0.1, -0.05) is 13.8 Å². The third-order valence-electron chi connectivity index (χ3n) is 1.89. The van der Waals surface area contributed by atoms with E-state index >= 15 is 0 Å². The summed E-state index contributed by atoms with van der Waals surface area (Å²) in [4.78, 5) is 11.4. The molecule has 1 aromatic rings. The lowest BCUT2D eigenvalue weighted by atomic mass is 10.0. The highest BCUT2D eigenvalue weighted by molar-refractivity contribution is 6.31. The van der Waals surface area contributed by atoms with Crippen LogP contribution in [0.5, 0.6) is 0 Å². The molecule has 1 heterocycles. The van der Waals surface area contributed by atoms with E-state index in [0.717, 1.165) is 6.42 Å². The largest absolute Gasteiger partial charge is 0.394 e. The lowest BCUT2D eigenvalue weighted by Crippen LogP contribution is -2.26. The van der Waals surface area contributed by atoms with Gasteiger partial charge in [-0.3, -0.25) is 0 Å². The third kappa shape index (κ3) is 4.47. The topological polar surface area (TPSA) is 70.9 Å². The van der Waals surface area contributed by atoms with Crippen LogP contribution in [0.2, 0.25) is 10.6 Å². The van der Waals surface area contributed by atoms with Crippen molar-refractivity contribution < 1.29 is 5.11 Å². The van der Waals surface area contributed by atoms with E-state index in [0.29, 0.717) is 5.92 Å². The SMILES string of the molecule is CC(C)CC(CO)Nc1nc(Cl)nc(Cl)n1. The summed E-state index contributed by atoms with van der Waals surface area (Å²) in [5.74, 6) is 0.738. The van der Waals surface area contributed by atoms with Gasteiger partial charge in [-0.15, -0.1) is 0 Å². The molecule has 0 aliphatic heterocycles. The molecule has 0 radical (unpaired) electrons. The number of nitrogens with zero attached hydrogens (tertiary/aromatic N) is 3. The average Bonchev–Trinajstić information content (AvgIpc) is 2.14. The molecule has 0 spiro atoms. The Kier molecular flexibility index (Phi) is 5.18. The third-order valence-corrected chi connectivity index (χ3v) is 2.23. The second-order valence-electron chi connectivity index (χ2n) is 3.85. The van der Waals surface area contributed by atoms with E-state index in [1.807, 2.05) is 0 Å². The molecule has 1 rings (SSSR count). The Bertz CT molecular complexity index is 328. The lowest BCUT2D eigenvalue weighted by Gasteiger charge is -2.17. The van der Waals surface area contributed by atoms with Crippen molar-refractivity contribution in [2.75, 3.05) is 11.9 Å². The molecule has 0 aliphatic rings. The van der Waals surface area contributed by atoms with Crippen molar-refractivity contribution in [3.63, 3.8) is 0 Å². The van der Waals surface area contributed by atoms with Crippen LogP contribution in [0.15, 0.2) is 0 Å². The molecule has 1 aromatic heterocycles.